The van der Waals surface area contributed by atoms with Crippen molar-refractivity contribution in [2.75, 3.05) is 18.0 Å². The average Bonchev–Trinajstić information content (AvgIpc) is 3.19. The number of anilines is 1. The number of Topliss-reactive ketones (excluding diaryl/α,β-unsaturated/α-hetero) is 1. The number of hydrogen-bond donors (Lipinski definition) is 1. The van der Waals surface area contributed by atoms with E-state index in [1.807, 2.05) is 36.4 Å². The van der Waals surface area contributed by atoms with E-state index in [1.165, 1.54) is 35.9 Å². The van der Waals surface area contributed by atoms with Crippen LogP contribution in [0.3, 0.4) is 0 Å². The minimum Gasteiger partial charge on any atom is -0.478 e. The molecule has 38 heavy (non-hydrogen) atoms. The zero-order valence-electron chi connectivity index (χ0n) is 21.6. The van der Waals surface area contributed by atoms with Crippen LogP contribution in [-0.2, 0) is 17.8 Å². The maximum absolute atomic E-state index is 13.1. The number of rotatable bonds is 7. The Kier molecular flexibility index (Phi) is 6.71. The predicted octanol–water partition coefficient (Wildman–Crippen LogP) is 6.47. The Morgan fingerprint density at radius 2 is 1.76 bits per heavy atom. The Labute approximate surface area is 222 Å². The van der Waals surface area contributed by atoms with Gasteiger partial charge in [0.15, 0.2) is 5.78 Å². The van der Waals surface area contributed by atoms with Gasteiger partial charge in [-0.15, -0.1) is 0 Å². The van der Waals surface area contributed by atoms with E-state index in [2.05, 4.69) is 32.7 Å². The number of aromatic nitrogens is 2. The van der Waals surface area contributed by atoms with Crippen molar-refractivity contribution in [1.82, 2.24) is 9.55 Å². The molecule has 0 amide bonds. The minimum absolute atomic E-state index is 0.197. The molecule has 6 heteroatoms. The SMILES string of the molecule is O=C(CCc1ccccn1)CN1CCn2c(c(C3CCCCC3)c3ccc(C(=O)O)cc32)-c2ccccc21. The van der Waals surface area contributed by atoms with Gasteiger partial charge < -0.3 is 14.6 Å². The standard InChI is InChI=1S/C32H33N3O3/c36-25(15-14-24-10-6-7-17-33-24)21-34-18-19-35-29-20-23(32(37)38)13-16-26(29)30(22-8-2-1-3-9-22)31(35)27-11-4-5-12-28(27)34/h4-7,10-13,16-17,20,22H,1-3,8-9,14-15,18-19,21H2,(H,37,38). The number of carboxylic acids is 1. The van der Waals surface area contributed by atoms with E-state index in [9.17, 15) is 14.7 Å². The van der Waals surface area contributed by atoms with Gasteiger partial charge in [-0.25, -0.2) is 4.79 Å². The van der Waals surface area contributed by atoms with Crippen LogP contribution in [0.2, 0.25) is 0 Å². The van der Waals surface area contributed by atoms with Gasteiger partial charge in [-0.05, 0) is 61.1 Å². The highest BCUT2D eigenvalue weighted by atomic mass is 16.4. The summed E-state index contributed by atoms with van der Waals surface area (Å²) < 4.78 is 2.32. The number of pyridine rings is 1. The van der Waals surface area contributed by atoms with E-state index >= 15 is 0 Å². The Bertz CT molecular complexity index is 1480. The van der Waals surface area contributed by atoms with E-state index in [0.29, 0.717) is 44.0 Å². The number of aryl methyl sites for hydroxylation is 1. The number of nitrogens with zero attached hydrogens (tertiary/aromatic N) is 3. The topological polar surface area (TPSA) is 75.4 Å². The first-order valence-electron chi connectivity index (χ1n) is 13.8. The number of carbonyl (C=O) groups excluding carboxylic acids is 1. The van der Waals surface area contributed by atoms with Gasteiger partial charge >= 0.3 is 5.97 Å². The first-order valence-corrected chi connectivity index (χ1v) is 13.8. The molecule has 6 nitrogen and oxygen atoms in total. The fraction of sp³-hybridized carbons (Fsp3) is 0.344. The maximum atomic E-state index is 13.1. The number of benzene rings is 2. The summed E-state index contributed by atoms with van der Waals surface area (Å²) in [5.74, 6) is -0.254. The highest BCUT2D eigenvalue weighted by molar-refractivity contribution is 6.00. The van der Waals surface area contributed by atoms with Gasteiger partial charge in [0.1, 0.15) is 0 Å². The fourth-order valence-electron chi connectivity index (χ4n) is 6.40. The molecule has 2 aromatic heterocycles. The van der Waals surface area contributed by atoms with Crippen molar-refractivity contribution in [2.24, 2.45) is 0 Å². The highest BCUT2D eigenvalue weighted by Crippen LogP contribution is 2.47. The van der Waals surface area contributed by atoms with Gasteiger partial charge in [-0.2, -0.15) is 0 Å². The van der Waals surface area contributed by atoms with Crippen LogP contribution in [0.5, 0.6) is 0 Å². The minimum atomic E-state index is -0.907. The molecule has 0 saturated heterocycles. The second-order valence-electron chi connectivity index (χ2n) is 10.6. The molecular formula is C32H33N3O3. The second-order valence-corrected chi connectivity index (χ2v) is 10.6. The summed E-state index contributed by atoms with van der Waals surface area (Å²) in [5, 5.41) is 10.9. The van der Waals surface area contributed by atoms with Gasteiger partial charge in [0.05, 0.1) is 17.8 Å². The molecule has 0 bridgehead atoms. The third-order valence-electron chi connectivity index (χ3n) is 8.21. The number of aromatic carboxylic acids is 1. The summed E-state index contributed by atoms with van der Waals surface area (Å²) >= 11 is 0. The van der Waals surface area contributed by atoms with Crippen LogP contribution in [0.1, 0.15) is 66.1 Å². The van der Waals surface area contributed by atoms with E-state index in [-0.39, 0.29) is 5.78 Å². The zero-order valence-corrected chi connectivity index (χ0v) is 21.6. The normalized spacial score (nSPS) is 15.6. The monoisotopic (exact) mass is 507 g/mol. The summed E-state index contributed by atoms with van der Waals surface area (Å²) in [4.78, 5) is 31.6. The Hall–Kier alpha value is -3.93. The van der Waals surface area contributed by atoms with Crippen LogP contribution < -0.4 is 4.90 Å². The number of hydrogen-bond acceptors (Lipinski definition) is 4. The zero-order chi connectivity index (χ0) is 26.1. The lowest BCUT2D eigenvalue weighted by molar-refractivity contribution is -0.117. The third-order valence-corrected chi connectivity index (χ3v) is 8.21. The van der Waals surface area contributed by atoms with Crippen LogP contribution in [0.15, 0.2) is 66.9 Å². The van der Waals surface area contributed by atoms with E-state index in [1.54, 1.807) is 12.3 Å². The molecule has 1 fully saturated rings. The van der Waals surface area contributed by atoms with Crippen LogP contribution in [0.4, 0.5) is 5.69 Å². The lowest BCUT2D eigenvalue weighted by Gasteiger charge is -2.26. The molecule has 1 saturated carbocycles. The van der Waals surface area contributed by atoms with Gasteiger partial charge in [0.2, 0.25) is 0 Å². The molecular weight excluding hydrogens is 474 g/mol. The lowest BCUT2D eigenvalue weighted by atomic mass is 9.81. The molecule has 4 aromatic rings. The molecule has 0 unspecified atom stereocenters. The van der Waals surface area contributed by atoms with Crippen LogP contribution >= 0.6 is 0 Å². The molecule has 2 aromatic carbocycles. The molecule has 6 rings (SSSR count). The van der Waals surface area contributed by atoms with Crippen LogP contribution in [0, 0.1) is 0 Å². The van der Waals surface area contributed by atoms with Crippen molar-refractivity contribution < 1.29 is 14.7 Å². The van der Waals surface area contributed by atoms with Crippen molar-refractivity contribution in [3.63, 3.8) is 0 Å². The quantitative estimate of drug-likeness (QED) is 0.310. The first kappa shape index (κ1) is 24.4. The maximum Gasteiger partial charge on any atom is 0.335 e. The lowest BCUT2D eigenvalue weighted by Crippen LogP contribution is -2.32. The highest BCUT2D eigenvalue weighted by Gasteiger charge is 2.31. The van der Waals surface area contributed by atoms with Gasteiger partial charge in [0, 0.05) is 53.6 Å². The summed E-state index contributed by atoms with van der Waals surface area (Å²) in [7, 11) is 0. The van der Waals surface area contributed by atoms with E-state index < -0.39 is 5.97 Å². The summed E-state index contributed by atoms with van der Waals surface area (Å²) in [6, 6.07) is 19.8. The molecule has 2 aliphatic rings. The molecule has 0 radical (unpaired) electrons. The van der Waals surface area contributed by atoms with E-state index in [0.717, 1.165) is 35.3 Å². The third kappa shape index (κ3) is 4.60. The molecule has 3 heterocycles. The number of carbonyl (C=O) groups is 2. The summed E-state index contributed by atoms with van der Waals surface area (Å²) in [6.45, 7) is 1.74. The first-order chi connectivity index (χ1) is 18.6. The Morgan fingerprint density at radius 1 is 0.947 bits per heavy atom. The largest absolute Gasteiger partial charge is 0.478 e. The van der Waals surface area contributed by atoms with Crippen molar-refractivity contribution in [3.8, 4) is 11.3 Å². The van der Waals surface area contributed by atoms with Crippen LogP contribution in [-0.4, -0.2) is 39.5 Å². The number of para-hydroxylation sites is 1. The molecule has 0 spiro atoms. The van der Waals surface area contributed by atoms with Crippen molar-refractivity contribution in [2.45, 2.75) is 57.4 Å². The van der Waals surface area contributed by atoms with Crippen molar-refractivity contribution >= 4 is 28.3 Å². The smallest absolute Gasteiger partial charge is 0.335 e. The molecule has 1 N–H and O–H groups in total. The number of carboxylic acid groups (broad SMARTS) is 1. The summed E-state index contributed by atoms with van der Waals surface area (Å²) in [6.07, 6.45) is 8.91. The number of fused-ring (bicyclic) bond motifs is 5. The molecule has 1 aliphatic heterocycles. The second kappa shape index (κ2) is 10.4. The van der Waals surface area contributed by atoms with Gasteiger partial charge in [-0.3, -0.25) is 9.78 Å². The fourth-order valence-corrected chi connectivity index (χ4v) is 6.40. The van der Waals surface area contributed by atoms with E-state index in [4.69, 9.17) is 0 Å². The molecule has 1 aliphatic carbocycles. The number of ketones is 1. The summed E-state index contributed by atoms with van der Waals surface area (Å²) in [5.41, 5.74) is 7.00. The van der Waals surface area contributed by atoms with Gasteiger partial charge in [-0.1, -0.05) is 49.6 Å². The Balaban J connectivity index is 1.40. The van der Waals surface area contributed by atoms with Crippen LogP contribution in [0.25, 0.3) is 22.2 Å². The molecule has 0 atom stereocenters. The Morgan fingerprint density at radius 3 is 2.55 bits per heavy atom. The van der Waals surface area contributed by atoms with Crippen molar-refractivity contribution in [3.05, 3.63) is 83.7 Å². The molecule has 194 valence electrons. The van der Waals surface area contributed by atoms with Gasteiger partial charge in [0.25, 0.3) is 0 Å². The van der Waals surface area contributed by atoms with Crippen molar-refractivity contribution in [1.29, 1.82) is 0 Å². The average molecular weight is 508 g/mol. The predicted molar refractivity (Wildman–Crippen MR) is 150 cm³/mol.